The number of rotatable bonds is 8. The highest BCUT2D eigenvalue weighted by molar-refractivity contribution is 6.08. The second-order valence-corrected chi connectivity index (χ2v) is 9.61. The van der Waals surface area contributed by atoms with E-state index >= 15 is 0 Å². The Balaban J connectivity index is 1.47. The fourth-order valence-corrected chi connectivity index (χ4v) is 4.04. The number of methoxy groups -OCH3 is 1. The van der Waals surface area contributed by atoms with Crippen molar-refractivity contribution in [2.75, 3.05) is 44.3 Å². The fraction of sp³-hybridized carbons (Fsp3) is 0.357. The van der Waals surface area contributed by atoms with Gasteiger partial charge in [-0.2, -0.15) is 0 Å². The fourth-order valence-electron chi connectivity index (χ4n) is 4.04. The Morgan fingerprint density at radius 2 is 1.80 bits per heavy atom. The summed E-state index contributed by atoms with van der Waals surface area (Å²) in [6, 6.07) is 17.6. The Labute approximate surface area is 206 Å². The maximum atomic E-state index is 13.3. The van der Waals surface area contributed by atoms with Gasteiger partial charge in [-0.05, 0) is 41.3 Å². The molecule has 4 rings (SSSR count). The van der Waals surface area contributed by atoms with E-state index in [4.69, 9.17) is 24.9 Å². The molecular formula is C28H33N3O4. The summed E-state index contributed by atoms with van der Waals surface area (Å²) in [5.41, 5.74) is 12.1. The van der Waals surface area contributed by atoms with E-state index in [1.807, 2.05) is 18.2 Å². The van der Waals surface area contributed by atoms with Gasteiger partial charge in [-0.25, -0.2) is 0 Å². The lowest BCUT2D eigenvalue weighted by atomic mass is 9.86. The van der Waals surface area contributed by atoms with Gasteiger partial charge in [0, 0.05) is 31.3 Å². The van der Waals surface area contributed by atoms with Crippen molar-refractivity contribution in [2.24, 2.45) is 0 Å². The second kappa shape index (κ2) is 10.5. The SMILES string of the molecule is COCCOCOc1ccc(N2CCc3nc(-c4ccc(C(C)(C)C)cc4)ccc3C2=O)cc1N. The number of nitrogen functional groups attached to an aromatic ring is 1. The largest absolute Gasteiger partial charge is 0.465 e. The van der Waals surface area contributed by atoms with Crippen LogP contribution in [0, 0.1) is 0 Å². The van der Waals surface area contributed by atoms with Crippen molar-refractivity contribution in [3.05, 3.63) is 71.4 Å². The summed E-state index contributed by atoms with van der Waals surface area (Å²) < 4.78 is 15.8. The molecule has 7 nitrogen and oxygen atoms in total. The van der Waals surface area contributed by atoms with Crippen molar-refractivity contribution in [3.63, 3.8) is 0 Å². The quantitative estimate of drug-likeness (QED) is 0.285. The lowest BCUT2D eigenvalue weighted by Crippen LogP contribution is -2.38. The highest BCUT2D eigenvalue weighted by Gasteiger charge is 2.27. The van der Waals surface area contributed by atoms with Crippen molar-refractivity contribution < 1.29 is 19.0 Å². The molecule has 3 aromatic rings. The topological polar surface area (TPSA) is 86.9 Å². The Hall–Kier alpha value is -3.42. The molecule has 7 heteroatoms. The predicted molar refractivity (Wildman–Crippen MR) is 138 cm³/mol. The number of nitrogens with two attached hydrogens (primary N) is 1. The third kappa shape index (κ3) is 5.63. The Bertz CT molecular complexity index is 1190. The van der Waals surface area contributed by atoms with E-state index in [-0.39, 0.29) is 18.1 Å². The molecule has 0 bridgehead atoms. The number of carbonyl (C=O) groups excluding carboxylic acids is 1. The molecule has 0 radical (unpaired) electrons. The van der Waals surface area contributed by atoms with Gasteiger partial charge >= 0.3 is 0 Å². The lowest BCUT2D eigenvalue weighted by Gasteiger charge is -2.29. The van der Waals surface area contributed by atoms with E-state index in [0.717, 1.165) is 22.6 Å². The number of hydrogen-bond donors (Lipinski definition) is 1. The third-order valence-electron chi connectivity index (χ3n) is 6.10. The van der Waals surface area contributed by atoms with Crippen molar-refractivity contribution in [1.29, 1.82) is 0 Å². The van der Waals surface area contributed by atoms with Crippen LogP contribution in [0.15, 0.2) is 54.6 Å². The molecule has 0 saturated heterocycles. The first-order valence-electron chi connectivity index (χ1n) is 11.8. The number of nitrogens with zero attached hydrogens (tertiary/aromatic N) is 2. The van der Waals surface area contributed by atoms with Crippen molar-refractivity contribution in [2.45, 2.75) is 32.6 Å². The van der Waals surface area contributed by atoms with E-state index in [1.165, 1.54) is 5.56 Å². The monoisotopic (exact) mass is 475 g/mol. The average Bonchev–Trinajstić information content (AvgIpc) is 2.84. The van der Waals surface area contributed by atoms with E-state index in [9.17, 15) is 4.79 Å². The lowest BCUT2D eigenvalue weighted by molar-refractivity contribution is -0.00813. The molecule has 1 aromatic heterocycles. The molecule has 1 aliphatic rings. The first-order chi connectivity index (χ1) is 16.8. The van der Waals surface area contributed by atoms with Crippen LogP contribution in [0.25, 0.3) is 11.3 Å². The van der Waals surface area contributed by atoms with Crippen molar-refractivity contribution in [3.8, 4) is 17.0 Å². The van der Waals surface area contributed by atoms with Crippen LogP contribution in [0.4, 0.5) is 11.4 Å². The van der Waals surface area contributed by atoms with Gasteiger partial charge in [0.25, 0.3) is 5.91 Å². The number of carbonyl (C=O) groups is 1. The summed E-state index contributed by atoms with van der Waals surface area (Å²) in [6.45, 7) is 8.14. The first kappa shape index (κ1) is 24.7. The van der Waals surface area contributed by atoms with Gasteiger partial charge in [0.1, 0.15) is 5.75 Å². The summed E-state index contributed by atoms with van der Waals surface area (Å²) in [5, 5.41) is 0. The summed E-state index contributed by atoms with van der Waals surface area (Å²) in [7, 11) is 1.61. The Morgan fingerprint density at radius 1 is 1.03 bits per heavy atom. The molecular weight excluding hydrogens is 442 g/mol. The summed E-state index contributed by atoms with van der Waals surface area (Å²) in [4.78, 5) is 19.8. The van der Waals surface area contributed by atoms with E-state index < -0.39 is 0 Å². The second-order valence-electron chi connectivity index (χ2n) is 9.61. The van der Waals surface area contributed by atoms with Crippen LogP contribution in [-0.4, -0.2) is 44.6 Å². The van der Waals surface area contributed by atoms with Gasteiger partial charge in [0.15, 0.2) is 6.79 Å². The molecule has 0 spiro atoms. The van der Waals surface area contributed by atoms with Crippen molar-refractivity contribution >= 4 is 17.3 Å². The molecule has 184 valence electrons. The third-order valence-corrected chi connectivity index (χ3v) is 6.10. The van der Waals surface area contributed by atoms with Gasteiger partial charge in [-0.1, -0.05) is 45.0 Å². The number of anilines is 2. The highest BCUT2D eigenvalue weighted by Crippen LogP contribution is 2.31. The molecule has 2 N–H and O–H groups in total. The Morgan fingerprint density at radius 3 is 2.49 bits per heavy atom. The van der Waals surface area contributed by atoms with E-state index in [2.05, 4.69) is 45.0 Å². The van der Waals surface area contributed by atoms with Gasteiger partial charge < -0.3 is 24.8 Å². The van der Waals surface area contributed by atoms with Crippen LogP contribution in [-0.2, 0) is 21.3 Å². The van der Waals surface area contributed by atoms with Crippen LogP contribution < -0.4 is 15.4 Å². The number of amides is 1. The summed E-state index contributed by atoms with van der Waals surface area (Å²) in [5.74, 6) is 0.434. The molecule has 0 aliphatic carbocycles. The number of ether oxygens (including phenoxy) is 3. The molecule has 1 amide bonds. The number of pyridine rings is 1. The molecule has 0 fully saturated rings. The van der Waals surface area contributed by atoms with Crippen molar-refractivity contribution in [1.82, 2.24) is 4.98 Å². The minimum Gasteiger partial charge on any atom is -0.465 e. The Kier molecular flexibility index (Phi) is 7.38. The van der Waals surface area contributed by atoms with E-state index in [1.54, 1.807) is 24.1 Å². The number of benzene rings is 2. The summed E-state index contributed by atoms with van der Waals surface area (Å²) in [6.07, 6.45) is 0.667. The molecule has 1 aliphatic heterocycles. The highest BCUT2D eigenvalue weighted by atomic mass is 16.7. The zero-order valence-corrected chi connectivity index (χ0v) is 20.8. The molecule has 35 heavy (non-hydrogen) atoms. The van der Waals surface area contributed by atoms with Crippen LogP contribution in [0.3, 0.4) is 0 Å². The smallest absolute Gasteiger partial charge is 0.260 e. The van der Waals surface area contributed by atoms with Gasteiger partial charge in [0.05, 0.1) is 35.9 Å². The number of hydrogen-bond acceptors (Lipinski definition) is 6. The predicted octanol–water partition coefficient (Wildman–Crippen LogP) is 4.83. The van der Waals surface area contributed by atoms with Crippen LogP contribution >= 0.6 is 0 Å². The maximum absolute atomic E-state index is 13.3. The molecule has 2 heterocycles. The van der Waals surface area contributed by atoms with E-state index in [0.29, 0.717) is 43.2 Å². The average molecular weight is 476 g/mol. The molecule has 0 unspecified atom stereocenters. The standard InChI is InChI=1S/C28H33N3O4/c1-28(2,3)20-7-5-19(6-8-20)24-11-10-22-25(30-24)13-14-31(27(22)32)21-9-12-26(23(29)17-21)35-18-34-16-15-33-4/h5-12,17H,13-16,18,29H2,1-4H3. The number of aromatic nitrogens is 1. The summed E-state index contributed by atoms with van der Waals surface area (Å²) >= 11 is 0. The van der Waals surface area contributed by atoms with Crippen LogP contribution in [0.2, 0.25) is 0 Å². The normalized spacial score (nSPS) is 13.6. The molecule has 2 aromatic carbocycles. The first-order valence-corrected chi connectivity index (χ1v) is 11.8. The maximum Gasteiger partial charge on any atom is 0.260 e. The minimum absolute atomic E-state index is 0.0792. The van der Waals surface area contributed by atoms with Gasteiger partial charge in [0.2, 0.25) is 0 Å². The zero-order valence-electron chi connectivity index (χ0n) is 20.8. The number of fused-ring (bicyclic) bond motifs is 1. The van der Waals surface area contributed by atoms with Crippen LogP contribution in [0.1, 0.15) is 42.4 Å². The molecule has 0 saturated carbocycles. The van der Waals surface area contributed by atoms with Crippen LogP contribution in [0.5, 0.6) is 5.75 Å². The zero-order chi connectivity index (χ0) is 25.0. The molecule has 0 atom stereocenters. The van der Waals surface area contributed by atoms with Gasteiger partial charge in [-0.3, -0.25) is 9.78 Å². The minimum atomic E-state index is -0.0793. The van der Waals surface area contributed by atoms with Gasteiger partial charge in [-0.15, -0.1) is 0 Å².